The highest BCUT2D eigenvalue weighted by Gasteiger charge is 2.18. The lowest BCUT2D eigenvalue weighted by Crippen LogP contribution is -2.30. The van der Waals surface area contributed by atoms with Crippen LogP contribution < -0.4 is 5.32 Å². The number of hydrogen-bond acceptors (Lipinski definition) is 5. The number of thiazole rings is 1. The Labute approximate surface area is 154 Å². The fourth-order valence-corrected chi connectivity index (χ4v) is 4.72. The van der Waals surface area contributed by atoms with Gasteiger partial charge in [-0.3, -0.25) is 4.79 Å². The van der Waals surface area contributed by atoms with E-state index < -0.39 is 0 Å². The first-order valence-corrected chi connectivity index (χ1v) is 10.3. The SMILES string of the molecule is Cc1ccc(C(NC(=O)CSc2nc(C)cs2)c2cccs2)cc1. The van der Waals surface area contributed by atoms with Crippen molar-refractivity contribution in [3.63, 3.8) is 0 Å². The molecule has 0 bridgehead atoms. The van der Waals surface area contributed by atoms with Crippen LogP contribution in [0, 0.1) is 13.8 Å². The summed E-state index contributed by atoms with van der Waals surface area (Å²) in [5.74, 6) is 0.396. The summed E-state index contributed by atoms with van der Waals surface area (Å²) in [4.78, 5) is 17.9. The molecule has 1 unspecified atom stereocenters. The Balaban J connectivity index is 1.69. The van der Waals surface area contributed by atoms with Gasteiger partial charge in [-0.2, -0.15) is 0 Å². The van der Waals surface area contributed by atoms with Crippen LogP contribution in [-0.4, -0.2) is 16.6 Å². The monoisotopic (exact) mass is 374 g/mol. The van der Waals surface area contributed by atoms with E-state index in [0.29, 0.717) is 5.75 Å². The van der Waals surface area contributed by atoms with Gasteiger partial charge in [-0.25, -0.2) is 4.98 Å². The van der Waals surface area contributed by atoms with Crippen molar-refractivity contribution >= 4 is 40.3 Å². The quantitative estimate of drug-likeness (QED) is 0.629. The van der Waals surface area contributed by atoms with Crippen molar-refractivity contribution in [1.29, 1.82) is 0 Å². The van der Waals surface area contributed by atoms with Gasteiger partial charge in [0.2, 0.25) is 5.91 Å². The van der Waals surface area contributed by atoms with Gasteiger partial charge in [0.25, 0.3) is 0 Å². The molecule has 0 saturated carbocycles. The molecule has 1 N–H and O–H groups in total. The highest BCUT2D eigenvalue weighted by Crippen LogP contribution is 2.27. The maximum Gasteiger partial charge on any atom is 0.231 e. The van der Waals surface area contributed by atoms with Crippen LogP contribution in [0.1, 0.15) is 27.7 Å². The van der Waals surface area contributed by atoms with Crippen molar-refractivity contribution < 1.29 is 4.79 Å². The molecule has 1 atom stereocenters. The third-order valence-corrected chi connectivity index (χ3v) is 6.54. The second kappa shape index (κ2) is 7.96. The second-order valence-electron chi connectivity index (χ2n) is 5.47. The van der Waals surface area contributed by atoms with Crippen molar-refractivity contribution in [1.82, 2.24) is 10.3 Å². The number of nitrogens with one attached hydrogen (secondary N) is 1. The zero-order valence-corrected chi connectivity index (χ0v) is 15.9. The van der Waals surface area contributed by atoms with Crippen LogP contribution >= 0.6 is 34.4 Å². The average molecular weight is 375 g/mol. The van der Waals surface area contributed by atoms with E-state index in [-0.39, 0.29) is 11.9 Å². The molecule has 3 rings (SSSR count). The summed E-state index contributed by atoms with van der Waals surface area (Å²) in [5, 5.41) is 7.20. The number of amides is 1. The van der Waals surface area contributed by atoms with Crippen molar-refractivity contribution in [2.24, 2.45) is 0 Å². The second-order valence-corrected chi connectivity index (χ2v) is 8.53. The third kappa shape index (κ3) is 4.47. The van der Waals surface area contributed by atoms with E-state index in [9.17, 15) is 4.79 Å². The first-order valence-electron chi connectivity index (χ1n) is 7.56. The van der Waals surface area contributed by atoms with Crippen molar-refractivity contribution in [3.05, 3.63) is 68.9 Å². The van der Waals surface area contributed by atoms with Crippen molar-refractivity contribution in [2.75, 3.05) is 5.75 Å². The minimum absolute atomic E-state index is 0.0202. The molecular weight excluding hydrogens is 356 g/mol. The topological polar surface area (TPSA) is 42.0 Å². The molecule has 3 nitrogen and oxygen atoms in total. The molecule has 0 aliphatic rings. The van der Waals surface area contributed by atoms with Crippen molar-refractivity contribution in [3.8, 4) is 0 Å². The van der Waals surface area contributed by atoms with Crippen LogP contribution in [0.3, 0.4) is 0 Å². The van der Waals surface area contributed by atoms with E-state index in [1.807, 2.05) is 23.8 Å². The number of aromatic nitrogens is 1. The summed E-state index contributed by atoms with van der Waals surface area (Å²) >= 11 is 4.72. The molecule has 0 aliphatic heterocycles. The standard InChI is InChI=1S/C18H18N2OS3/c1-12-5-7-14(8-6-12)17(15-4-3-9-22-15)20-16(21)11-24-18-19-13(2)10-23-18/h3-10,17H,11H2,1-2H3,(H,20,21). The molecule has 1 amide bonds. The molecule has 2 aromatic heterocycles. The summed E-state index contributed by atoms with van der Waals surface area (Å²) in [6, 6.07) is 12.3. The zero-order valence-electron chi connectivity index (χ0n) is 13.5. The summed E-state index contributed by atoms with van der Waals surface area (Å²) in [7, 11) is 0. The van der Waals surface area contributed by atoms with E-state index >= 15 is 0 Å². The molecule has 0 aliphatic carbocycles. The third-order valence-electron chi connectivity index (χ3n) is 3.47. The summed E-state index contributed by atoms with van der Waals surface area (Å²) < 4.78 is 0.936. The number of benzene rings is 1. The van der Waals surface area contributed by atoms with Crippen LogP contribution in [-0.2, 0) is 4.79 Å². The highest BCUT2D eigenvalue weighted by atomic mass is 32.2. The Bertz CT molecular complexity index is 794. The van der Waals surface area contributed by atoms with E-state index in [4.69, 9.17) is 0 Å². The fraction of sp³-hybridized carbons (Fsp3) is 0.222. The molecular formula is C18H18N2OS3. The van der Waals surface area contributed by atoms with E-state index in [1.54, 1.807) is 22.7 Å². The van der Waals surface area contributed by atoms with Crippen LogP contribution in [0.2, 0.25) is 0 Å². The lowest BCUT2D eigenvalue weighted by Gasteiger charge is -2.18. The minimum Gasteiger partial charge on any atom is -0.344 e. The largest absolute Gasteiger partial charge is 0.344 e. The van der Waals surface area contributed by atoms with Crippen LogP contribution in [0.4, 0.5) is 0 Å². The van der Waals surface area contributed by atoms with Gasteiger partial charge in [0, 0.05) is 16.0 Å². The number of carbonyl (C=O) groups is 1. The normalized spacial score (nSPS) is 12.1. The molecule has 3 aromatic rings. The maximum absolute atomic E-state index is 12.4. The zero-order chi connectivity index (χ0) is 16.9. The van der Waals surface area contributed by atoms with Gasteiger partial charge in [-0.1, -0.05) is 47.7 Å². The average Bonchev–Trinajstić information content (AvgIpc) is 3.23. The Morgan fingerprint density at radius 3 is 2.62 bits per heavy atom. The number of nitrogens with zero attached hydrogens (tertiary/aromatic N) is 1. The van der Waals surface area contributed by atoms with Gasteiger partial charge < -0.3 is 5.32 Å². The highest BCUT2D eigenvalue weighted by molar-refractivity contribution is 8.01. The smallest absolute Gasteiger partial charge is 0.231 e. The number of thiophene rings is 1. The summed E-state index contributed by atoms with van der Waals surface area (Å²) in [6.07, 6.45) is 0. The molecule has 0 spiro atoms. The Morgan fingerprint density at radius 2 is 2.00 bits per heavy atom. The predicted octanol–water partition coefficient (Wildman–Crippen LogP) is 4.82. The van der Waals surface area contributed by atoms with Crippen LogP contribution in [0.15, 0.2) is 51.5 Å². The molecule has 24 heavy (non-hydrogen) atoms. The predicted molar refractivity (Wildman–Crippen MR) is 103 cm³/mol. The molecule has 0 saturated heterocycles. The molecule has 1 aromatic carbocycles. The van der Waals surface area contributed by atoms with Gasteiger partial charge in [-0.15, -0.1) is 22.7 Å². The Kier molecular flexibility index (Phi) is 5.71. The van der Waals surface area contributed by atoms with E-state index in [2.05, 4.69) is 47.6 Å². The number of carbonyl (C=O) groups excluding carboxylic acids is 1. The van der Waals surface area contributed by atoms with Gasteiger partial charge in [0.05, 0.1) is 11.8 Å². The first kappa shape index (κ1) is 17.2. The Hall–Kier alpha value is -1.63. The Morgan fingerprint density at radius 1 is 1.21 bits per heavy atom. The van der Waals surface area contributed by atoms with Crippen LogP contribution in [0.5, 0.6) is 0 Å². The number of aryl methyl sites for hydroxylation is 2. The summed E-state index contributed by atoms with van der Waals surface area (Å²) in [6.45, 7) is 4.03. The fourth-order valence-electron chi connectivity index (χ4n) is 2.26. The molecule has 2 heterocycles. The molecule has 0 fully saturated rings. The number of hydrogen-bond donors (Lipinski definition) is 1. The van der Waals surface area contributed by atoms with E-state index in [0.717, 1.165) is 20.5 Å². The number of thioether (sulfide) groups is 1. The molecule has 0 radical (unpaired) electrons. The van der Waals surface area contributed by atoms with Gasteiger partial charge >= 0.3 is 0 Å². The first-order chi connectivity index (χ1) is 11.6. The lowest BCUT2D eigenvalue weighted by molar-refractivity contribution is -0.119. The summed E-state index contributed by atoms with van der Waals surface area (Å²) in [5.41, 5.74) is 3.32. The molecule has 6 heteroatoms. The van der Waals surface area contributed by atoms with Crippen molar-refractivity contribution in [2.45, 2.75) is 24.2 Å². The van der Waals surface area contributed by atoms with Gasteiger partial charge in [0.1, 0.15) is 0 Å². The van der Waals surface area contributed by atoms with Gasteiger partial charge in [0.15, 0.2) is 4.34 Å². The van der Waals surface area contributed by atoms with Gasteiger partial charge in [-0.05, 0) is 30.9 Å². The number of rotatable bonds is 6. The lowest BCUT2D eigenvalue weighted by atomic mass is 10.0. The maximum atomic E-state index is 12.4. The molecule has 124 valence electrons. The minimum atomic E-state index is -0.100. The van der Waals surface area contributed by atoms with Crippen LogP contribution in [0.25, 0.3) is 0 Å². The van der Waals surface area contributed by atoms with E-state index in [1.165, 1.54) is 17.3 Å².